The standard InChI is InChI=1S/C17H25N/c1-17(10-6-3-7-11-17)16(18)15-12-14(15)13-8-4-2-5-9-13/h2,4-5,8-9,14-16H,3,6-7,10-12,18H2,1H3. The first-order valence-corrected chi connectivity index (χ1v) is 7.51. The van der Waals surface area contributed by atoms with Crippen LogP contribution in [-0.2, 0) is 0 Å². The van der Waals surface area contributed by atoms with Gasteiger partial charge >= 0.3 is 0 Å². The molecule has 0 spiro atoms. The van der Waals surface area contributed by atoms with Crippen LogP contribution in [0, 0.1) is 11.3 Å². The molecule has 0 amide bonds. The van der Waals surface area contributed by atoms with Gasteiger partial charge in [-0.25, -0.2) is 0 Å². The van der Waals surface area contributed by atoms with Crippen LogP contribution in [0.5, 0.6) is 0 Å². The summed E-state index contributed by atoms with van der Waals surface area (Å²) in [6.07, 6.45) is 8.16. The lowest BCUT2D eigenvalue weighted by Crippen LogP contribution is -2.43. The maximum atomic E-state index is 6.62. The summed E-state index contributed by atoms with van der Waals surface area (Å²) >= 11 is 0. The summed E-state index contributed by atoms with van der Waals surface area (Å²) in [6, 6.07) is 11.3. The van der Waals surface area contributed by atoms with E-state index in [1.54, 1.807) is 0 Å². The Kier molecular flexibility index (Phi) is 3.19. The third-order valence-electron chi connectivity index (χ3n) is 5.33. The predicted octanol–water partition coefficient (Wildman–Crippen LogP) is 4.09. The largest absolute Gasteiger partial charge is 0.327 e. The molecule has 1 heteroatoms. The van der Waals surface area contributed by atoms with Crippen LogP contribution in [-0.4, -0.2) is 6.04 Å². The van der Waals surface area contributed by atoms with Gasteiger partial charge in [-0.2, -0.15) is 0 Å². The number of nitrogens with two attached hydrogens (primary N) is 1. The van der Waals surface area contributed by atoms with Crippen LogP contribution in [0.4, 0.5) is 0 Å². The van der Waals surface area contributed by atoms with E-state index in [4.69, 9.17) is 5.73 Å². The van der Waals surface area contributed by atoms with E-state index >= 15 is 0 Å². The van der Waals surface area contributed by atoms with E-state index in [1.165, 1.54) is 44.1 Å². The van der Waals surface area contributed by atoms with Crippen molar-refractivity contribution in [3.8, 4) is 0 Å². The molecule has 98 valence electrons. The minimum absolute atomic E-state index is 0.406. The summed E-state index contributed by atoms with van der Waals surface area (Å²) in [5.74, 6) is 1.47. The monoisotopic (exact) mass is 243 g/mol. The smallest absolute Gasteiger partial charge is 0.0127 e. The molecule has 0 aliphatic heterocycles. The molecule has 2 aliphatic rings. The van der Waals surface area contributed by atoms with E-state index in [-0.39, 0.29) is 0 Å². The van der Waals surface area contributed by atoms with E-state index in [1.807, 2.05) is 0 Å². The van der Waals surface area contributed by atoms with E-state index < -0.39 is 0 Å². The lowest BCUT2D eigenvalue weighted by Gasteiger charge is -2.39. The minimum Gasteiger partial charge on any atom is -0.327 e. The van der Waals surface area contributed by atoms with Gasteiger partial charge in [-0.3, -0.25) is 0 Å². The lowest BCUT2D eigenvalue weighted by atomic mass is 9.69. The van der Waals surface area contributed by atoms with Crippen LogP contribution >= 0.6 is 0 Å². The molecule has 0 radical (unpaired) electrons. The van der Waals surface area contributed by atoms with Crippen LogP contribution in [0.3, 0.4) is 0 Å². The normalized spacial score (nSPS) is 31.9. The van der Waals surface area contributed by atoms with E-state index in [2.05, 4.69) is 37.3 Å². The van der Waals surface area contributed by atoms with Crippen LogP contribution in [0.15, 0.2) is 30.3 Å². The molecule has 2 N–H and O–H groups in total. The minimum atomic E-state index is 0.406. The summed E-state index contributed by atoms with van der Waals surface area (Å²) in [5, 5.41) is 0. The number of hydrogen-bond donors (Lipinski definition) is 1. The van der Waals surface area contributed by atoms with Crippen LogP contribution < -0.4 is 5.73 Å². The molecule has 3 atom stereocenters. The molecule has 0 aromatic heterocycles. The maximum Gasteiger partial charge on any atom is 0.0127 e. The highest BCUT2D eigenvalue weighted by Gasteiger charge is 2.48. The van der Waals surface area contributed by atoms with Gasteiger partial charge in [0.25, 0.3) is 0 Å². The second-order valence-electron chi connectivity index (χ2n) is 6.66. The molecule has 3 unspecified atom stereocenters. The van der Waals surface area contributed by atoms with Gasteiger partial charge in [0.2, 0.25) is 0 Å². The van der Waals surface area contributed by atoms with Crippen molar-refractivity contribution < 1.29 is 0 Å². The zero-order valence-corrected chi connectivity index (χ0v) is 11.4. The number of benzene rings is 1. The van der Waals surface area contributed by atoms with Crippen molar-refractivity contribution in [1.29, 1.82) is 0 Å². The Balaban J connectivity index is 1.67. The van der Waals surface area contributed by atoms with Gasteiger partial charge in [0.05, 0.1) is 0 Å². The molecule has 0 bridgehead atoms. The first-order chi connectivity index (χ1) is 8.71. The summed E-state index contributed by atoms with van der Waals surface area (Å²) < 4.78 is 0. The second kappa shape index (κ2) is 4.70. The number of rotatable bonds is 3. The first-order valence-electron chi connectivity index (χ1n) is 7.51. The van der Waals surface area contributed by atoms with Gasteiger partial charge in [-0.05, 0) is 42.1 Å². The molecule has 2 saturated carbocycles. The molecule has 2 fully saturated rings. The SMILES string of the molecule is CC1(C(N)C2CC2c2ccccc2)CCCCC1. The van der Waals surface area contributed by atoms with Crippen LogP contribution in [0.2, 0.25) is 0 Å². The molecule has 0 heterocycles. The summed E-state index contributed by atoms with van der Waals surface area (Å²) in [5.41, 5.74) is 8.52. The predicted molar refractivity (Wildman–Crippen MR) is 76.5 cm³/mol. The fourth-order valence-electron chi connectivity index (χ4n) is 3.90. The number of hydrogen-bond acceptors (Lipinski definition) is 1. The van der Waals surface area contributed by atoms with Crippen LogP contribution in [0.1, 0.15) is 56.9 Å². The van der Waals surface area contributed by atoms with Crippen molar-refractivity contribution >= 4 is 0 Å². The molecule has 2 aliphatic carbocycles. The highest BCUT2D eigenvalue weighted by atomic mass is 14.8. The molecular formula is C17H25N. The fourth-order valence-corrected chi connectivity index (χ4v) is 3.90. The lowest BCUT2D eigenvalue weighted by molar-refractivity contribution is 0.154. The molecule has 1 nitrogen and oxygen atoms in total. The Bertz CT molecular complexity index is 391. The fraction of sp³-hybridized carbons (Fsp3) is 0.647. The topological polar surface area (TPSA) is 26.0 Å². The van der Waals surface area contributed by atoms with Crippen molar-refractivity contribution in [2.24, 2.45) is 17.1 Å². The van der Waals surface area contributed by atoms with Crippen molar-refractivity contribution in [2.75, 3.05) is 0 Å². The molecule has 3 rings (SSSR count). The Morgan fingerprint density at radius 3 is 2.44 bits per heavy atom. The molecule has 0 saturated heterocycles. The Labute approximate surface area is 111 Å². The second-order valence-corrected chi connectivity index (χ2v) is 6.66. The highest BCUT2D eigenvalue weighted by Crippen LogP contribution is 2.54. The zero-order chi connectivity index (χ0) is 12.6. The van der Waals surface area contributed by atoms with Crippen molar-refractivity contribution in [2.45, 2.75) is 57.4 Å². The van der Waals surface area contributed by atoms with E-state index in [0.717, 1.165) is 11.8 Å². The average molecular weight is 243 g/mol. The van der Waals surface area contributed by atoms with Crippen LogP contribution in [0.25, 0.3) is 0 Å². The van der Waals surface area contributed by atoms with E-state index in [9.17, 15) is 0 Å². The molecule has 1 aromatic rings. The van der Waals surface area contributed by atoms with Gasteiger partial charge < -0.3 is 5.73 Å². The van der Waals surface area contributed by atoms with Crippen molar-refractivity contribution in [1.82, 2.24) is 0 Å². The molecular weight excluding hydrogens is 218 g/mol. The quantitative estimate of drug-likeness (QED) is 0.850. The molecule has 1 aromatic carbocycles. The summed E-state index contributed by atoms with van der Waals surface area (Å²) in [4.78, 5) is 0. The summed E-state index contributed by atoms with van der Waals surface area (Å²) in [6.45, 7) is 2.43. The maximum absolute atomic E-state index is 6.62. The Morgan fingerprint density at radius 1 is 1.11 bits per heavy atom. The van der Waals surface area contributed by atoms with Gasteiger partial charge in [0.1, 0.15) is 0 Å². The highest BCUT2D eigenvalue weighted by molar-refractivity contribution is 5.27. The molecule has 18 heavy (non-hydrogen) atoms. The summed E-state index contributed by atoms with van der Waals surface area (Å²) in [7, 11) is 0. The van der Waals surface area contributed by atoms with Gasteiger partial charge in [-0.15, -0.1) is 0 Å². The Morgan fingerprint density at radius 2 is 1.78 bits per heavy atom. The first kappa shape index (κ1) is 12.2. The Hall–Kier alpha value is -0.820. The average Bonchev–Trinajstić information content (AvgIpc) is 3.20. The van der Waals surface area contributed by atoms with Crippen molar-refractivity contribution in [3.05, 3.63) is 35.9 Å². The third kappa shape index (κ3) is 2.21. The van der Waals surface area contributed by atoms with Crippen molar-refractivity contribution in [3.63, 3.8) is 0 Å². The van der Waals surface area contributed by atoms with Gasteiger partial charge in [0.15, 0.2) is 0 Å². The van der Waals surface area contributed by atoms with E-state index in [0.29, 0.717) is 11.5 Å². The third-order valence-corrected chi connectivity index (χ3v) is 5.33. The zero-order valence-electron chi connectivity index (χ0n) is 11.4. The van der Waals surface area contributed by atoms with Gasteiger partial charge in [0, 0.05) is 6.04 Å². The van der Waals surface area contributed by atoms with Gasteiger partial charge in [-0.1, -0.05) is 56.5 Å².